The van der Waals surface area contributed by atoms with Crippen molar-refractivity contribution in [2.75, 3.05) is 31.1 Å². The molecule has 1 N–H and O–H groups in total. The van der Waals surface area contributed by atoms with E-state index in [1.165, 1.54) is 18.1 Å². The van der Waals surface area contributed by atoms with E-state index in [4.69, 9.17) is 0 Å². The Kier molecular flexibility index (Phi) is 4.73. The fraction of sp³-hybridized carbons (Fsp3) is 0.375. The number of piperazine rings is 1. The van der Waals surface area contributed by atoms with E-state index in [2.05, 4.69) is 33.1 Å². The molecule has 1 aromatic heterocycles. The van der Waals surface area contributed by atoms with Gasteiger partial charge in [0.25, 0.3) is 0 Å². The number of aromatic nitrogens is 1. The number of benzene rings is 2. The van der Waals surface area contributed by atoms with Gasteiger partial charge in [-0.1, -0.05) is 12.1 Å². The van der Waals surface area contributed by atoms with E-state index in [0.29, 0.717) is 12.0 Å². The van der Waals surface area contributed by atoms with Crippen LogP contribution in [0.4, 0.5) is 10.1 Å². The number of para-hydroxylation sites is 1. The van der Waals surface area contributed by atoms with Crippen molar-refractivity contribution in [1.29, 1.82) is 5.26 Å². The predicted molar refractivity (Wildman–Crippen MR) is 114 cm³/mol. The van der Waals surface area contributed by atoms with Gasteiger partial charge in [0, 0.05) is 49.3 Å². The number of aromatic amines is 1. The highest BCUT2D eigenvalue weighted by Crippen LogP contribution is 2.40. The zero-order valence-corrected chi connectivity index (χ0v) is 16.4. The Morgan fingerprint density at radius 1 is 1.03 bits per heavy atom. The van der Waals surface area contributed by atoms with Crippen LogP contribution in [-0.4, -0.2) is 42.1 Å². The number of rotatable bonds is 3. The molecular weight excluding hydrogens is 363 g/mol. The summed E-state index contributed by atoms with van der Waals surface area (Å²) < 4.78 is 13.7. The number of H-pyrrole nitrogens is 1. The van der Waals surface area contributed by atoms with Crippen molar-refractivity contribution < 1.29 is 4.39 Å². The number of nitrogens with zero attached hydrogens (tertiary/aromatic N) is 3. The monoisotopic (exact) mass is 388 g/mol. The summed E-state index contributed by atoms with van der Waals surface area (Å²) in [6.45, 7) is 3.97. The van der Waals surface area contributed by atoms with Crippen LogP contribution >= 0.6 is 0 Å². The Hall–Kier alpha value is -2.84. The molecule has 4 nitrogen and oxygen atoms in total. The lowest BCUT2D eigenvalue weighted by atomic mass is 9.96. The number of halogens is 1. The highest BCUT2D eigenvalue weighted by atomic mass is 19.1. The Morgan fingerprint density at radius 2 is 1.86 bits per heavy atom. The van der Waals surface area contributed by atoms with Gasteiger partial charge in [0.1, 0.15) is 11.9 Å². The number of hydrogen-bond acceptors (Lipinski definition) is 3. The second-order valence-electron chi connectivity index (χ2n) is 8.25. The molecule has 0 spiro atoms. The number of nitrogens with one attached hydrogen (secondary N) is 1. The molecule has 1 saturated carbocycles. The molecule has 2 aromatic carbocycles. The average molecular weight is 388 g/mol. The van der Waals surface area contributed by atoms with Gasteiger partial charge in [-0.25, -0.2) is 4.39 Å². The van der Waals surface area contributed by atoms with Gasteiger partial charge in [0.05, 0.1) is 11.3 Å². The molecule has 0 radical (unpaired) electrons. The zero-order chi connectivity index (χ0) is 19.8. The quantitative estimate of drug-likeness (QED) is 0.711. The summed E-state index contributed by atoms with van der Waals surface area (Å²) in [7, 11) is 0. The van der Waals surface area contributed by atoms with Crippen LogP contribution in [0.1, 0.15) is 36.3 Å². The molecular formula is C24H25FN4. The average Bonchev–Trinajstić information content (AvgIpc) is 3.40. The number of fused-ring (bicyclic) bond motifs is 1. The molecule has 3 aromatic rings. The Labute approximate surface area is 170 Å². The van der Waals surface area contributed by atoms with E-state index in [-0.39, 0.29) is 5.82 Å². The van der Waals surface area contributed by atoms with Gasteiger partial charge in [-0.3, -0.25) is 4.90 Å². The molecule has 148 valence electrons. The van der Waals surface area contributed by atoms with E-state index in [9.17, 15) is 9.65 Å². The second-order valence-corrected chi connectivity index (χ2v) is 8.25. The molecule has 1 aliphatic carbocycles. The van der Waals surface area contributed by atoms with E-state index in [1.807, 2.05) is 24.3 Å². The summed E-state index contributed by atoms with van der Waals surface area (Å²) in [4.78, 5) is 8.26. The summed E-state index contributed by atoms with van der Waals surface area (Å²) in [5.74, 6) is 0.328. The van der Waals surface area contributed by atoms with Crippen LogP contribution in [0.25, 0.3) is 10.9 Å². The van der Waals surface area contributed by atoms with Crippen molar-refractivity contribution >= 4 is 16.6 Å². The van der Waals surface area contributed by atoms with E-state index in [0.717, 1.165) is 61.2 Å². The van der Waals surface area contributed by atoms with Gasteiger partial charge in [-0.2, -0.15) is 5.26 Å². The topological polar surface area (TPSA) is 46.1 Å². The molecule has 1 saturated heterocycles. The molecule has 2 fully saturated rings. The Balaban J connectivity index is 1.25. The lowest BCUT2D eigenvalue weighted by molar-refractivity contribution is 0.186. The molecule has 2 aliphatic rings. The van der Waals surface area contributed by atoms with Crippen LogP contribution in [0.3, 0.4) is 0 Å². The second kappa shape index (κ2) is 7.53. The van der Waals surface area contributed by atoms with Crippen molar-refractivity contribution in [2.24, 2.45) is 0 Å². The number of nitriles is 1. The van der Waals surface area contributed by atoms with Crippen molar-refractivity contribution in [3.8, 4) is 6.07 Å². The molecule has 2 heterocycles. The third-order valence-corrected chi connectivity index (χ3v) is 6.72. The standard InChI is InChI=1S/C24H25FN4/c25-19-6-8-23-21(14-19)22(16-27-23)17-5-7-20(13-17)28-9-11-29(12-10-28)24-4-2-1-3-18(24)15-26/h1-4,6,8,14,16-17,20,27H,5,7,9-13H2. The van der Waals surface area contributed by atoms with Gasteiger partial charge in [-0.05, 0) is 61.1 Å². The summed E-state index contributed by atoms with van der Waals surface area (Å²) in [5.41, 5.74) is 4.10. The SMILES string of the molecule is N#Cc1ccccc1N1CCN(C2CCC(c3c[nH]c4ccc(F)cc34)C2)CC1. The first kappa shape index (κ1) is 18.2. The molecule has 0 amide bonds. The summed E-state index contributed by atoms with van der Waals surface area (Å²) in [6.07, 6.45) is 5.57. The summed E-state index contributed by atoms with van der Waals surface area (Å²) in [6, 6.07) is 15.8. The minimum Gasteiger partial charge on any atom is -0.368 e. The Bertz CT molecular complexity index is 1060. The zero-order valence-electron chi connectivity index (χ0n) is 16.4. The summed E-state index contributed by atoms with van der Waals surface area (Å²) >= 11 is 0. The molecule has 2 atom stereocenters. The first-order valence-electron chi connectivity index (χ1n) is 10.5. The van der Waals surface area contributed by atoms with Crippen molar-refractivity contribution in [1.82, 2.24) is 9.88 Å². The van der Waals surface area contributed by atoms with Crippen molar-refractivity contribution in [3.05, 3.63) is 65.6 Å². The third kappa shape index (κ3) is 3.38. The van der Waals surface area contributed by atoms with Crippen LogP contribution in [0.15, 0.2) is 48.7 Å². The maximum absolute atomic E-state index is 13.7. The fourth-order valence-electron chi connectivity index (χ4n) is 5.20. The molecule has 5 heteroatoms. The lowest BCUT2D eigenvalue weighted by Gasteiger charge is -2.39. The van der Waals surface area contributed by atoms with Crippen molar-refractivity contribution in [3.63, 3.8) is 0 Å². The van der Waals surface area contributed by atoms with Gasteiger partial charge in [0.2, 0.25) is 0 Å². The summed E-state index contributed by atoms with van der Waals surface area (Å²) in [5, 5.41) is 10.4. The molecule has 1 aliphatic heterocycles. The maximum Gasteiger partial charge on any atom is 0.123 e. The fourth-order valence-corrected chi connectivity index (χ4v) is 5.20. The van der Waals surface area contributed by atoms with Gasteiger partial charge >= 0.3 is 0 Å². The largest absolute Gasteiger partial charge is 0.368 e. The predicted octanol–water partition coefficient (Wildman–Crippen LogP) is 4.64. The first-order valence-corrected chi connectivity index (χ1v) is 10.5. The normalized spacial score (nSPS) is 22.8. The maximum atomic E-state index is 13.7. The Morgan fingerprint density at radius 3 is 2.69 bits per heavy atom. The van der Waals surface area contributed by atoms with Crippen LogP contribution in [-0.2, 0) is 0 Å². The van der Waals surface area contributed by atoms with E-state index < -0.39 is 0 Å². The lowest BCUT2D eigenvalue weighted by Crippen LogP contribution is -2.50. The van der Waals surface area contributed by atoms with Crippen LogP contribution in [0, 0.1) is 17.1 Å². The van der Waals surface area contributed by atoms with Gasteiger partial charge < -0.3 is 9.88 Å². The minimum atomic E-state index is -0.165. The molecule has 0 bridgehead atoms. The van der Waals surface area contributed by atoms with Crippen LogP contribution in [0.5, 0.6) is 0 Å². The van der Waals surface area contributed by atoms with E-state index >= 15 is 0 Å². The number of anilines is 1. The molecule has 29 heavy (non-hydrogen) atoms. The van der Waals surface area contributed by atoms with E-state index in [1.54, 1.807) is 6.07 Å². The van der Waals surface area contributed by atoms with Crippen LogP contribution < -0.4 is 4.90 Å². The van der Waals surface area contributed by atoms with Crippen molar-refractivity contribution in [2.45, 2.75) is 31.2 Å². The van der Waals surface area contributed by atoms with Gasteiger partial charge in [-0.15, -0.1) is 0 Å². The smallest absolute Gasteiger partial charge is 0.123 e. The molecule has 5 rings (SSSR count). The molecule has 2 unspecified atom stereocenters. The first-order chi connectivity index (χ1) is 14.2. The highest BCUT2D eigenvalue weighted by Gasteiger charge is 2.33. The van der Waals surface area contributed by atoms with Gasteiger partial charge in [0.15, 0.2) is 0 Å². The van der Waals surface area contributed by atoms with Crippen LogP contribution in [0.2, 0.25) is 0 Å². The minimum absolute atomic E-state index is 0.165. The number of hydrogen-bond donors (Lipinski definition) is 1. The highest BCUT2D eigenvalue weighted by molar-refractivity contribution is 5.83. The third-order valence-electron chi connectivity index (χ3n) is 6.72.